The van der Waals surface area contributed by atoms with Crippen molar-refractivity contribution < 1.29 is 23.3 Å². The van der Waals surface area contributed by atoms with Crippen molar-refractivity contribution in [2.75, 3.05) is 18.4 Å². The molecule has 1 aliphatic heterocycles. The molecule has 0 spiro atoms. The standard InChI is InChI=1S/C22H25BrN4O5/c1-22(2,3)27-8-6-13(7-9-27)30-17-11-16(32-26-17)21(29)25-18-14-10-12(23)4-5-15(14)31-19(18)20(24)28/h4-5,10-11,13H,6-9H2,1-3H3,(H2,24,28)(H,25,29). The number of hydrogen-bond acceptors (Lipinski definition) is 7. The summed E-state index contributed by atoms with van der Waals surface area (Å²) in [5.74, 6) is -1.34. The number of carbonyl (C=O) groups excluding carboxylic acids is 2. The Bertz CT molecular complexity index is 1150. The van der Waals surface area contributed by atoms with E-state index in [4.69, 9.17) is 19.4 Å². The molecule has 0 radical (unpaired) electrons. The molecule has 1 saturated heterocycles. The number of carbonyl (C=O) groups is 2. The number of benzene rings is 1. The molecular weight excluding hydrogens is 480 g/mol. The van der Waals surface area contributed by atoms with E-state index in [0.29, 0.717) is 11.0 Å². The SMILES string of the molecule is CC(C)(C)N1CCC(Oc2cc(C(=O)Nc3c(C(N)=O)oc4ccc(Br)cc34)on2)CC1. The Morgan fingerprint density at radius 2 is 1.97 bits per heavy atom. The number of nitrogens with one attached hydrogen (secondary N) is 1. The zero-order chi connectivity index (χ0) is 23.0. The van der Waals surface area contributed by atoms with Crippen LogP contribution in [0.15, 0.2) is 37.7 Å². The fraction of sp³-hybridized carbons (Fsp3) is 0.409. The molecule has 3 N–H and O–H groups in total. The summed E-state index contributed by atoms with van der Waals surface area (Å²) in [4.78, 5) is 27.0. The number of furan rings is 1. The molecule has 0 atom stereocenters. The topological polar surface area (TPSA) is 124 Å². The largest absolute Gasteiger partial charge is 0.472 e. The zero-order valence-corrected chi connectivity index (χ0v) is 19.7. The molecule has 1 fully saturated rings. The van der Waals surface area contributed by atoms with Gasteiger partial charge in [-0.05, 0) is 57.0 Å². The van der Waals surface area contributed by atoms with Crippen LogP contribution in [0.1, 0.15) is 54.7 Å². The minimum atomic E-state index is -0.796. The first-order valence-corrected chi connectivity index (χ1v) is 11.1. The van der Waals surface area contributed by atoms with Crippen LogP contribution in [-0.2, 0) is 0 Å². The molecule has 0 saturated carbocycles. The Kier molecular flexibility index (Phi) is 6.00. The van der Waals surface area contributed by atoms with Gasteiger partial charge < -0.3 is 24.7 Å². The van der Waals surface area contributed by atoms with E-state index >= 15 is 0 Å². The summed E-state index contributed by atoms with van der Waals surface area (Å²) in [7, 11) is 0. The fourth-order valence-corrected chi connectivity index (χ4v) is 4.14. The van der Waals surface area contributed by atoms with Gasteiger partial charge in [0.15, 0.2) is 0 Å². The number of ether oxygens (including phenoxy) is 1. The molecule has 3 heterocycles. The third-order valence-electron chi connectivity index (χ3n) is 5.50. The van der Waals surface area contributed by atoms with Gasteiger partial charge in [-0.1, -0.05) is 15.9 Å². The Balaban J connectivity index is 1.46. The zero-order valence-electron chi connectivity index (χ0n) is 18.1. The highest BCUT2D eigenvalue weighted by Gasteiger charge is 2.29. The van der Waals surface area contributed by atoms with E-state index in [9.17, 15) is 9.59 Å². The van der Waals surface area contributed by atoms with Gasteiger partial charge in [0.25, 0.3) is 17.7 Å². The predicted molar refractivity (Wildman–Crippen MR) is 122 cm³/mol. The molecule has 1 aromatic carbocycles. The molecule has 0 bridgehead atoms. The number of anilines is 1. The third-order valence-corrected chi connectivity index (χ3v) is 6.00. The highest BCUT2D eigenvalue weighted by atomic mass is 79.9. The molecule has 0 aliphatic carbocycles. The maximum absolute atomic E-state index is 12.8. The number of likely N-dealkylation sites (tertiary alicyclic amines) is 1. The Morgan fingerprint density at radius 1 is 1.25 bits per heavy atom. The Morgan fingerprint density at radius 3 is 2.62 bits per heavy atom. The van der Waals surface area contributed by atoms with E-state index < -0.39 is 11.8 Å². The van der Waals surface area contributed by atoms with Crippen LogP contribution in [0.3, 0.4) is 0 Å². The van der Waals surface area contributed by atoms with Crippen molar-refractivity contribution in [1.29, 1.82) is 0 Å². The van der Waals surface area contributed by atoms with Crippen LogP contribution in [0.2, 0.25) is 0 Å². The molecular formula is C22H25BrN4O5. The van der Waals surface area contributed by atoms with Gasteiger partial charge in [-0.2, -0.15) is 0 Å². The average molecular weight is 505 g/mol. The normalized spacial score (nSPS) is 15.8. The van der Waals surface area contributed by atoms with Crippen molar-refractivity contribution >= 4 is 44.4 Å². The number of nitrogens with zero attached hydrogens (tertiary/aromatic N) is 2. The number of halogens is 1. The van der Waals surface area contributed by atoms with Gasteiger partial charge in [-0.25, -0.2) is 0 Å². The smallest absolute Gasteiger partial charge is 0.294 e. The molecule has 0 unspecified atom stereocenters. The van der Waals surface area contributed by atoms with Crippen molar-refractivity contribution in [3.63, 3.8) is 0 Å². The van der Waals surface area contributed by atoms with Crippen molar-refractivity contribution in [2.45, 2.75) is 45.3 Å². The van der Waals surface area contributed by atoms with Gasteiger partial charge in [0.1, 0.15) is 17.4 Å². The third kappa shape index (κ3) is 4.66. The van der Waals surface area contributed by atoms with Gasteiger partial charge >= 0.3 is 0 Å². The molecule has 9 nitrogen and oxygen atoms in total. The number of hydrogen-bond donors (Lipinski definition) is 2. The lowest BCUT2D eigenvalue weighted by molar-refractivity contribution is 0.0457. The number of rotatable bonds is 5. The van der Waals surface area contributed by atoms with Crippen LogP contribution in [0.25, 0.3) is 11.0 Å². The highest BCUT2D eigenvalue weighted by molar-refractivity contribution is 9.10. The minimum absolute atomic E-state index is 0.00578. The summed E-state index contributed by atoms with van der Waals surface area (Å²) in [6.07, 6.45) is 1.73. The Labute approximate surface area is 193 Å². The van der Waals surface area contributed by atoms with Crippen molar-refractivity contribution in [1.82, 2.24) is 10.1 Å². The van der Waals surface area contributed by atoms with Crippen LogP contribution < -0.4 is 15.8 Å². The maximum atomic E-state index is 12.8. The van der Waals surface area contributed by atoms with Gasteiger partial charge in [0.2, 0.25) is 11.5 Å². The summed E-state index contributed by atoms with van der Waals surface area (Å²) in [5, 5.41) is 7.05. The second-order valence-corrected chi connectivity index (χ2v) is 9.69. The fourth-order valence-electron chi connectivity index (χ4n) is 3.78. The lowest BCUT2D eigenvalue weighted by Crippen LogP contribution is -2.48. The number of amides is 2. The van der Waals surface area contributed by atoms with Crippen molar-refractivity contribution in [3.05, 3.63) is 40.3 Å². The van der Waals surface area contributed by atoms with E-state index in [2.05, 4.69) is 52.1 Å². The van der Waals surface area contributed by atoms with Crippen molar-refractivity contribution in [3.8, 4) is 5.88 Å². The average Bonchev–Trinajstić information content (AvgIpc) is 3.33. The molecule has 1 aliphatic rings. The molecule has 32 heavy (non-hydrogen) atoms. The van der Waals surface area contributed by atoms with Crippen LogP contribution in [-0.4, -0.2) is 46.6 Å². The first-order chi connectivity index (χ1) is 15.1. The van der Waals surface area contributed by atoms with Crippen LogP contribution >= 0.6 is 15.9 Å². The number of primary amides is 1. The number of aromatic nitrogens is 1. The molecule has 2 amide bonds. The van der Waals surface area contributed by atoms with Gasteiger partial charge in [-0.15, -0.1) is 0 Å². The first kappa shape index (κ1) is 22.3. The summed E-state index contributed by atoms with van der Waals surface area (Å²) in [6.45, 7) is 8.45. The van der Waals surface area contributed by atoms with Crippen LogP contribution in [0.4, 0.5) is 5.69 Å². The maximum Gasteiger partial charge on any atom is 0.294 e. The van der Waals surface area contributed by atoms with Crippen LogP contribution in [0, 0.1) is 0 Å². The number of piperidine rings is 1. The predicted octanol–water partition coefficient (Wildman–Crippen LogP) is 4.18. The van der Waals surface area contributed by atoms with E-state index in [-0.39, 0.29) is 34.7 Å². The second-order valence-electron chi connectivity index (χ2n) is 8.77. The van der Waals surface area contributed by atoms with E-state index in [0.717, 1.165) is 30.4 Å². The monoisotopic (exact) mass is 504 g/mol. The highest BCUT2D eigenvalue weighted by Crippen LogP contribution is 2.33. The van der Waals surface area contributed by atoms with Gasteiger partial charge in [0, 0.05) is 28.5 Å². The molecule has 2 aromatic heterocycles. The second kappa shape index (κ2) is 8.59. The summed E-state index contributed by atoms with van der Waals surface area (Å²) < 4.78 is 17.4. The summed E-state index contributed by atoms with van der Waals surface area (Å²) in [5.41, 5.74) is 6.14. The molecule has 3 aromatic rings. The van der Waals surface area contributed by atoms with Crippen molar-refractivity contribution in [2.24, 2.45) is 5.73 Å². The van der Waals surface area contributed by atoms with Gasteiger partial charge in [0.05, 0.1) is 6.07 Å². The lowest BCUT2D eigenvalue weighted by atomic mass is 9.99. The molecule has 4 rings (SSSR count). The quantitative estimate of drug-likeness (QED) is 0.533. The van der Waals surface area contributed by atoms with E-state index in [1.165, 1.54) is 6.07 Å². The Hall–Kier alpha value is -2.85. The van der Waals surface area contributed by atoms with E-state index in [1.807, 2.05) is 0 Å². The number of nitrogens with two attached hydrogens (primary N) is 1. The van der Waals surface area contributed by atoms with Crippen LogP contribution in [0.5, 0.6) is 5.88 Å². The summed E-state index contributed by atoms with van der Waals surface area (Å²) >= 11 is 3.37. The number of fused-ring (bicyclic) bond motifs is 1. The lowest BCUT2D eigenvalue weighted by Gasteiger charge is -2.40. The summed E-state index contributed by atoms with van der Waals surface area (Å²) in [6, 6.07) is 6.59. The van der Waals surface area contributed by atoms with E-state index in [1.54, 1.807) is 18.2 Å². The minimum Gasteiger partial charge on any atom is -0.472 e. The first-order valence-electron chi connectivity index (χ1n) is 10.3. The molecule has 10 heteroatoms. The van der Waals surface area contributed by atoms with Gasteiger partial charge in [-0.3, -0.25) is 14.5 Å². The molecule has 170 valence electrons.